The highest BCUT2D eigenvalue weighted by atomic mass is 31.0. The number of aromatic hydroxyl groups is 1. The first-order valence-corrected chi connectivity index (χ1v) is 4.69. The van der Waals surface area contributed by atoms with Crippen LogP contribution < -0.4 is 5.30 Å². The molecule has 1 unspecified atom stereocenters. The number of aryl methyl sites for hydroxylation is 1. The Balaban J connectivity index is 3.21. The fourth-order valence-electron chi connectivity index (χ4n) is 1.17. The van der Waals surface area contributed by atoms with E-state index in [2.05, 4.69) is 23.1 Å². The van der Waals surface area contributed by atoms with Crippen molar-refractivity contribution in [2.75, 3.05) is 0 Å². The molecule has 0 saturated heterocycles. The van der Waals surface area contributed by atoms with Gasteiger partial charge in [0.15, 0.2) is 0 Å². The molecule has 0 aliphatic carbocycles. The highest BCUT2D eigenvalue weighted by Gasteiger charge is 2.05. The smallest absolute Gasteiger partial charge is 0.125 e. The average Bonchev–Trinajstić information content (AvgIpc) is 1.99. The van der Waals surface area contributed by atoms with Gasteiger partial charge in [-0.15, -0.1) is 9.24 Å². The van der Waals surface area contributed by atoms with Crippen molar-refractivity contribution < 1.29 is 5.11 Å². The summed E-state index contributed by atoms with van der Waals surface area (Å²) in [6, 6.07) is 4.05. The molecule has 0 aliphatic rings. The molecule has 0 bridgehead atoms. The van der Waals surface area contributed by atoms with Crippen LogP contribution in [0.15, 0.2) is 12.1 Å². The molecule has 0 saturated carbocycles. The van der Waals surface area contributed by atoms with Gasteiger partial charge in [0.25, 0.3) is 0 Å². The van der Waals surface area contributed by atoms with Gasteiger partial charge in [-0.05, 0) is 30.0 Å². The van der Waals surface area contributed by atoms with Crippen LogP contribution in [-0.2, 0) is 0 Å². The predicted molar refractivity (Wildman–Crippen MR) is 56.3 cm³/mol. The summed E-state index contributed by atoms with van der Waals surface area (Å²) in [4.78, 5) is 0. The van der Waals surface area contributed by atoms with Crippen LogP contribution in [0.2, 0.25) is 0 Å². The van der Waals surface area contributed by atoms with Gasteiger partial charge in [0.1, 0.15) is 5.75 Å². The maximum absolute atomic E-state index is 9.49. The van der Waals surface area contributed by atoms with Crippen LogP contribution in [0, 0.1) is 6.92 Å². The summed E-state index contributed by atoms with van der Waals surface area (Å²) in [5.41, 5.74) is 2.22. The first kappa shape index (κ1) is 9.54. The lowest BCUT2D eigenvalue weighted by Gasteiger charge is -2.09. The van der Waals surface area contributed by atoms with Crippen LogP contribution in [0.1, 0.15) is 30.9 Å². The van der Waals surface area contributed by atoms with Crippen molar-refractivity contribution in [2.45, 2.75) is 26.7 Å². The molecular weight excluding hydrogens is 167 g/mol. The number of phenolic OH excluding ortho intramolecular Hbond substituents is 1. The molecule has 0 amide bonds. The van der Waals surface area contributed by atoms with E-state index in [1.54, 1.807) is 0 Å². The summed E-state index contributed by atoms with van der Waals surface area (Å²) in [5.74, 6) is 0.910. The maximum Gasteiger partial charge on any atom is 0.125 e. The lowest BCUT2D eigenvalue weighted by molar-refractivity contribution is 0.475. The number of hydrogen-bond donors (Lipinski definition) is 1. The van der Waals surface area contributed by atoms with Crippen LogP contribution in [0.4, 0.5) is 0 Å². The topological polar surface area (TPSA) is 20.2 Å². The van der Waals surface area contributed by atoms with Crippen LogP contribution in [-0.4, -0.2) is 5.11 Å². The molecule has 0 heterocycles. The zero-order valence-electron chi connectivity index (χ0n) is 7.76. The molecule has 0 spiro atoms. The normalized spacial score (nSPS) is 10.8. The Morgan fingerprint density at radius 1 is 1.33 bits per heavy atom. The molecular formula is C10H15OP. The zero-order chi connectivity index (χ0) is 9.30. The van der Waals surface area contributed by atoms with E-state index in [0.29, 0.717) is 11.7 Å². The van der Waals surface area contributed by atoms with E-state index in [-0.39, 0.29) is 0 Å². The van der Waals surface area contributed by atoms with E-state index in [1.807, 2.05) is 19.1 Å². The average molecular weight is 182 g/mol. The van der Waals surface area contributed by atoms with Crippen molar-refractivity contribution in [1.29, 1.82) is 0 Å². The molecule has 1 rings (SSSR count). The van der Waals surface area contributed by atoms with Crippen molar-refractivity contribution >= 4 is 14.5 Å². The van der Waals surface area contributed by atoms with Gasteiger partial charge in [0.2, 0.25) is 0 Å². The molecule has 1 aromatic rings. The van der Waals surface area contributed by atoms with Crippen molar-refractivity contribution in [2.24, 2.45) is 0 Å². The minimum absolute atomic E-state index is 0.393. The fraction of sp³-hybridized carbons (Fsp3) is 0.400. The number of hydrogen-bond acceptors (Lipinski definition) is 1. The standard InChI is InChI=1S/C10H15OP/c1-6(2)8-4-7(3)10(11)9(12)5-8/h4-6,11H,12H2,1-3H3. The second kappa shape index (κ2) is 3.45. The molecule has 12 heavy (non-hydrogen) atoms. The Morgan fingerprint density at radius 2 is 1.92 bits per heavy atom. The minimum Gasteiger partial charge on any atom is -0.507 e. The summed E-state index contributed by atoms with van der Waals surface area (Å²) in [6.07, 6.45) is 0. The summed E-state index contributed by atoms with van der Waals surface area (Å²) >= 11 is 0. The summed E-state index contributed by atoms with van der Waals surface area (Å²) < 4.78 is 0. The molecule has 2 heteroatoms. The van der Waals surface area contributed by atoms with Gasteiger partial charge >= 0.3 is 0 Å². The van der Waals surface area contributed by atoms with E-state index in [9.17, 15) is 5.11 Å². The SMILES string of the molecule is Cc1cc(C(C)C)cc(P)c1O. The molecule has 1 atom stereocenters. The first-order valence-electron chi connectivity index (χ1n) is 4.11. The van der Waals surface area contributed by atoms with Crippen LogP contribution in [0.5, 0.6) is 5.75 Å². The quantitative estimate of drug-likeness (QED) is 0.661. The minimum atomic E-state index is 0.393. The van der Waals surface area contributed by atoms with Gasteiger partial charge in [-0.3, -0.25) is 0 Å². The molecule has 0 radical (unpaired) electrons. The Bertz CT molecular complexity index is 269. The van der Waals surface area contributed by atoms with E-state index < -0.39 is 0 Å². The van der Waals surface area contributed by atoms with Crippen LogP contribution in [0.25, 0.3) is 0 Å². The second-order valence-electron chi connectivity index (χ2n) is 3.43. The third kappa shape index (κ3) is 1.78. The first-order chi connectivity index (χ1) is 5.52. The van der Waals surface area contributed by atoms with Gasteiger partial charge in [0.05, 0.1) is 0 Å². The molecule has 1 nitrogen and oxygen atoms in total. The highest BCUT2D eigenvalue weighted by molar-refractivity contribution is 7.27. The number of benzene rings is 1. The Morgan fingerprint density at radius 3 is 2.33 bits per heavy atom. The van der Waals surface area contributed by atoms with Crippen LogP contribution in [0.3, 0.4) is 0 Å². The van der Waals surface area contributed by atoms with E-state index >= 15 is 0 Å². The summed E-state index contributed by atoms with van der Waals surface area (Å²) in [6.45, 7) is 6.22. The van der Waals surface area contributed by atoms with Crippen LogP contribution >= 0.6 is 9.24 Å². The van der Waals surface area contributed by atoms with Crippen molar-refractivity contribution in [1.82, 2.24) is 0 Å². The van der Waals surface area contributed by atoms with Gasteiger partial charge in [-0.1, -0.05) is 19.9 Å². The molecule has 0 aliphatic heterocycles. The van der Waals surface area contributed by atoms with Gasteiger partial charge < -0.3 is 5.11 Å². The molecule has 0 fully saturated rings. The summed E-state index contributed by atoms with van der Waals surface area (Å²) in [7, 11) is 2.55. The van der Waals surface area contributed by atoms with E-state index in [1.165, 1.54) is 5.56 Å². The van der Waals surface area contributed by atoms with Crippen molar-refractivity contribution in [3.8, 4) is 5.75 Å². The third-order valence-corrected chi connectivity index (χ3v) is 2.46. The number of rotatable bonds is 1. The predicted octanol–water partition coefficient (Wildman–Crippen LogP) is 2.32. The zero-order valence-corrected chi connectivity index (χ0v) is 8.91. The molecule has 0 aromatic heterocycles. The lowest BCUT2D eigenvalue weighted by Crippen LogP contribution is -1.99. The monoisotopic (exact) mass is 182 g/mol. The van der Waals surface area contributed by atoms with Gasteiger partial charge in [0, 0.05) is 5.30 Å². The van der Waals surface area contributed by atoms with Crippen molar-refractivity contribution in [3.05, 3.63) is 23.3 Å². The highest BCUT2D eigenvalue weighted by Crippen LogP contribution is 2.22. The lowest BCUT2D eigenvalue weighted by atomic mass is 10.0. The Kier molecular flexibility index (Phi) is 2.74. The second-order valence-corrected chi connectivity index (χ2v) is 4.05. The Hall–Kier alpha value is -0.550. The van der Waals surface area contributed by atoms with Crippen molar-refractivity contribution in [3.63, 3.8) is 0 Å². The largest absolute Gasteiger partial charge is 0.507 e. The van der Waals surface area contributed by atoms with E-state index in [4.69, 9.17) is 0 Å². The summed E-state index contributed by atoms with van der Waals surface area (Å²) in [5, 5.41) is 10.4. The Labute approximate surface area is 76.0 Å². The van der Waals surface area contributed by atoms with Gasteiger partial charge in [-0.2, -0.15) is 0 Å². The van der Waals surface area contributed by atoms with Gasteiger partial charge in [-0.25, -0.2) is 0 Å². The van der Waals surface area contributed by atoms with E-state index in [0.717, 1.165) is 10.9 Å². The molecule has 66 valence electrons. The number of phenols is 1. The fourth-order valence-corrected chi connectivity index (χ4v) is 1.59. The maximum atomic E-state index is 9.49. The molecule has 1 N–H and O–H groups in total. The molecule has 1 aromatic carbocycles. The third-order valence-electron chi connectivity index (χ3n) is 2.02.